The van der Waals surface area contributed by atoms with Crippen LogP contribution >= 0.6 is 0 Å². The van der Waals surface area contributed by atoms with E-state index >= 15 is 0 Å². The Hall–Kier alpha value is -3.74. The van der Waals surface area contributed by atoms with Crippen LogP contribution in [0.3, 0.4) is 0 Å². The van der Waals surface area contributed by atoms with Gasteiger partial charge in [-0.3, -0.25) is 14.4 Å². The minimum Gasteiger partial charge on any atom is -0.324 e. The molecule has 1 aromatic heterocycles. The highest BCUT2D eigenvalue weighted by Crippen LogP contribution is 2.19. The fourth-order valence-corrected chi connectivity index (χ4v) is 2.88. The number of benzene rings is 2. The van der Waals surface area contributed by atoms with E-state index in [0.29, 0.717) is 11.4 Å². The number of rotatable bonds is 6. The quantitative estimate of drug-likeness (QED) is 0.657. The molecule has 0 radical (unpaired) electrons. The van der Waals surface area contributed by atoms with Crippen molar-refractivity contribution in [2.45, 2.75) is 33.7 Å². The van der Waals surface area contributed by atoms with Crippen LogP contribution in [0.15, 0.2) is 59.4 Å². The third-order valence-corrected chi connectivity index (χ3v) is 4.63. The number of anilines is 2. The Bertz CT molecular complexity index is 1130. The fraction of sp³-hybridized carbons (Fsp3) is 0.217. The molecule has 0 spiro atoms. The van der Waals surface area contributed by atoms with E-state index in [1.807, 2.05) is 56.3 Å². The summed E-state index contributed by atoms with van der Waals surface area (Å²) in [7, 11) is 0. The highest BCUT2D eigenvalue weighted by atomic mass is 16.2. The summed E-state index contributed by atoms with van der Waals surface area (Å²) in [6.07, 6.45) is 0.232. The molecule has 7 nitrogen and oxygen atoms in total. The summed E-state index contributed by atoms with van der Waals surface area (Å²) in [5, 5.41) is 9.77. The Morgan fingerprint density at radius 1 is 0.933 bits per heavy atom. The first-order valence-electron chi connectivity index (χ1n) is 9.72. The number of nitrogens with zero attached hydrogens (tertiary/aromatic N) is 2. The zero-order valence-corrected chi connectivity index (χ0v) is 17.2. The summed E-state index contributed by atoms with van der Waals surface area (Å²) in [5.74, 6) is -0.670. The molecule has 2 N–H and O–H groups in total. The standard InChI is InChI=1S/C23H24N4O3/c1-4-21(28)25-20-13-19(17-11-9-15(2)10-12-17)26-27(23(20)30)14-22(29)24-18-8-6-5-7-16(18)3/h5-13H,4,14H2,1-3H3,(H,24,29)(H,25,28). The minimum atomic E-state index is -0.535. The molecule has 0 unspecified atom stereocenters. The number of hydrogen-bond donors (Lipinski definition) is 2. The SMILES string of the molecule is CCC(=O)Nc1cc(-c2ccc(C)cc2)nn(CC(=O)Nc2ccccc2C)c1=O. The summed E-state index contributed by atoms with van der Waals surface area (Å²) < 4.78 is 1.08. The van der Waals surface area contributed by atoms with Crippen LogP contribution in [0, 0.1) is 13.8 Å². The van der Waals surface area contributed by atoms with Gasteiger partial charge >= 0.3 is 0 Å². The zero-order chi connectivity index (χ0) is 21.7. The van der Waals surface area contributed by atoms with Crippen LogP contribution in [-0.2, 0) is 16.1 Å². The number of aryl methyl sites for hydroxylation is 2. The van der Waals surface area contributed by atoms with Gasteiger partial charge in [-0.2, -0.15) is 5.10 Å². The van der Waals surface area contributed by atoms with Gasteiger partial charge in [-0.15, -0.1) is 0 Å². The van der Waals surface area contributed by atoms with Crippen molar-refractivity contribution in [3.63, 3.8) is 0 Å². The van der Waals surface area contributed by atoms with Gasteiger partial charge in [0.05, 0.1) is 5.69 Å². The summed E-state index contributed by atoms with van der Waals surface area (Å²) in [5.41, 5.74) is 3.50. The van der Waals surface area contributed by atoms with Gasteiger partial charge in [0.1, 0.15) is 12.2 Å². The van der Waals surface area contributed by atoms with Crippen LogP contribution in [0.25, 0.3) is 11.3 Å². The van der Waals surface area contributed by atoms with Crippen LogP contribution < -0.4 is 16.2 Å². The molecule has 0 saturated carbocycles. The van der Waals surface area contributed by atoms with E-state index in [1.165, 1.54) is 6.07 Å². The number of nitrogens with one attached hydrogen (secondary N) is 2. The largest absolute Gasteiger partial charge is 0.324 e. The van der Waals surface area contributed by atoms with E-state index < -0.39 is 5.56 Å². The van der Waals surface area contributed by atoms with E-state index in [2.05, 4.69) is 15.7 Å². The Morgan fingerprint density at radius 2 is 1.60 bits per heavy atom. The summed E-state index contributed by atoms with van der Waals surface area (Å²) >= 11 is 0. The molecular formula is C23H24N4O3. The molecule has 3 rings (SSSR count). The maximum atomic E-state index is 12.8. The molecule has 1 heterocycles. The number of aromatic nitrogens is 2. The average Bonchev–Trinajstić information content (AvgIpc) is 2.73. The van der Waals surface area contributed by atoms with E-state index in [9.17, 15) is 14.4 Å². The molecule has 2 amide bonds. The normalized spacial score (nSPS) is 10.5. The first-order chi connectivity index (χ1) is 14.4. The van der Waals surface area contributed by atoms with Crippen molar-refractivity contribution >= 4 is 23.2 Å². The van der Waals surface area contributed by atoms with Crippen LogP contribution in [0.5, 0.6) is 0 Å². The predicted octanol–water partition coefficient (Wildman–Crippen LogP) is 3.51. The molecule has 7 heteroatoms. The molecule has 0 atom stereocenters. The zero-order valence-electron chi connectivity index (χ0n) is 17.2. The third-order valence-electron chi connectivity index (χ3n) is 4.63. The molecule has 154 valence electrons. The summed E-state index contributed by atoms with van der Waals surface area (Å²) in [6.45, 7) is 5.28. The fourth-order valence-electron chi connectivity index (χ4n) is 2.88. The number of hydrogen-bond acceptors (Lipinski definition) is 4. The minimum absolute atomic E-state index is 0.0936. The van der Waals surface area contributed by atoms with Gasteiger partial charge in [0, 0.05) is 17.7 Å². The molecule has 0 bridgehead atoms. The second-order valence-corrected chi connectivity index (χ2v) is 7.04. The number of para-hydroxylation sites is 1. The highest BCUT2D eigenvalue weighted by Gasteiger charge is 2.15. The molecule has 0 aliphatic rings. The van der Waals surface area contributed by atoms with Crippen molar-refractivity contribution < 1.29 is 9.59 Å². The molecule has 0 fully saturated rings. The Labute approximate surface area is 174 Å². The van der Waals surface area contributed by atoms with Crippen molar-refractivity contribution in [3.05, 3.63) is 76.1 Å². The number of carbonyl (C=O) groups is 2. The monoisotopic (exact) mass is 404 g/mol. The van der Waals surface area contributed by atoms with Crippen LogP contribution in [-0.4, -0.2) is 21.6 Å². The third kappa shape index (κ3) is 5.00. The van der Waals surface area contributed by atoms with Gasteiger partial charge in [-0.1, -0.05) is 55.0 Å². The van der Waals surface area contributed by atoms with Crippen LogP contribution in [0.4, 0.5) is 11.4 Å². The van der Waals surface area contributed by atoms with Crippen LogP contribution in [0.2, 0.25) is 0 Å². The first-order valence-corrected chi connectivity index (χ1v) is 9.72. The lowest BCUT2D eigenvalue weighted by atomic mass is 10.1. The second-order valence-electron chi connectivity index (χ2n) is 7.04. The molecule has 3 aromatic rings. The predicted molar refractivity (Wildman–Crippen MR) is 117 cm³/mol. The maximum absolute atomic E-state index is 12.8. The lowest BCUT2D eigenvalue weighted by Gasteiger charge is -2.12. The van der Waals surface area contributed by atoms with Crippen LogP contribution in [0.1, 0.15) is 24.5 Å². The highest BCUT2D eigenvalue weighted by molar-refractivity contribution is 5.92. The Morgan fingerprint density at radius 3 is 2.27 bits per heavy atom. The number of amides is 2. The van der Waals surface area contributed by atoms with Crippen molar-refractivity contribution in [2.75, 3.05) is 10.6 Å². The second kappa shape index (κ2) is 9.17. The smallest absolute Gasteiger partial charge is 0.291 e. The van der Waals surface area contributed by atoms with Gasteiger partial charge in [0.15, 0.2) is 0 Å². The average molecular weight is 404 g/mol. The van der Waals surface area contributed by atoms with Crippen molar-refractivity contribution in [1.82, 2.24) is 9.78 Å². The van der Waals surface area contributed by atoms with Gasteiger partial charge in [-0.05, 0) is 31.5 Å². The lowest BCUT2D eigenvalue weighted by Crippen LogP contribution is -2.32. The Kier molecular flexibility index (Phi) is 6.41. The molecule has 30 heavy (non-hydrogen) atoms. The molecule has 0 aliphatic carbocycles. The first kappa shape index (κ1) is 21.0. The van der Waals surface area contributed by atoms with Crippen molar-refractivity contribution in [1.29, 1.82) is 0 Å². The summed E-state index contributed by atoms with van der Waals surface area (Å²) in [6, 6.07) is 16.5. The molecular weight excluding hydrogens is 380 g/mol. The van der Waals surface area contributed by atoms with E-state index in [0.717, 1.165) is 21.4 Å². The number of carbonyl (C=O) groups excluding carboxylic acids is 2. The molecule has 0 saturated heterocycles. The maximum Gasteiger partial charge on any atom is 0.291 e. The van der Waals surface area contributed by atoms with E-state index in [4.69, 9.17) is 0 Å². The lowest BCUT2D eigenvalue weighted by molar-refractivity contribution is -0.117. The van der Waals surface area contributed by atoms with Crippen molar-refractivity contribution in [2.24, 2.45) is 0 Å². The summed E-state index contributed by atoms with van der Waals surface area (Å²) in [4.78, 5) is 37.3. The van der Waals surface area contributed by atoms with Gasteiger partial charge in [-0.25, -0.2) is 4.68 Å². The van der Waals surface area contributed by atoms with Crippen molar-refractivity contribution in [3.8, 4) is 11.3 Å². The molecule has 0 aliphatic heterocycles. The van der Waals surface area contributed by atoms with Gasteiger partial charge in [0.2, 0.25) is 11.8 Å². The Balaban J connectivity index is 1.96. The topological polar surface area (TPSA) is 93.1 Å². The molecule has 2 aromatic carbocycles. The van der Waals surface area contributed by atoms with E-state index in [1.54, 1.807) is 13.0 Å². The van der Waals surface area contributed by atoms with Gasteiger partial charge < -0.3 is 10.6 Å². The van der Waals surface area contributed by atoms with Gasteiger partial charge in [0.25, 0.3) is 5.56 Å². The van der Waals surface area contributed by atoms with E-state index in [-0.39, 0.29) is 30.5 Å².